The van der Waals surface area contributed by atoms with Crippen molar-refractivity contribution in [3.63, 3.8) is 0 Å². The van der Waals surface area contributed by atoms with Gasteiger partial charge in [-0.05, 0) is 313 Å². The molecule has 14 aliphatic rings. The maximum atomic E-state index is 2.57. The molecule has 20 unspecified atom stereocenters. The predicted octanol–water partition coefficient (Wildman–Crippen LogP) is 37.1. The molecule has 0 radical (unpaired) electrons. The van der Waals surface area contributed by atoms with Crippen molar-refractivity contribution in [1.82, 2.24) is 0 Å². The molecule has 0 aromatic heterocycles. The van der Waals surface area contributed by atoms with Crippen molar-refractivity contribution in [3.8, 4) is 0 Å². The Morgan fingerprint density at radius 1 is 0.331 bits per heavy atom. The summed E-state index contributed by atoms with van der Waals surface area (Å²) in [4.78, 5) is 0. The van der Waals surface area contributed by atoms with Gasteiger partial charge in [0.25, 0.3) is 0 Å². The number of hydrogen-bond acceptors (Lipinski definition) is 0. The second-order valence-corrected chi connectivity index (χ2v) is 40.4. The number of unbranched alkanes of at least 4 members (excludes halogenated alkanes) is 1. The zero-order valence-electron chi connectivity index (χ0n) is 86.4. The van der Waals surface area contributed by atoms with Crippen LogP contribution in [0.15, 0.2) is 60.7 Å². The molecule has 12 fully saturated rings. The van der Waals surface area contributed by atoms with E-state index in [4.69, 9.17) is 0 Å². The van der Waals surface area contributed by atoms with E-state index in [1.807, 2.05) is 0 Å². The SMILES string of the molecule is CC(C)(C)CC1CCC2c3ccccc3C=CC12.CC1C(C)C(C)C(C)C1C.CC1C(C)C(C)C(C)C1C.CC1C(C)C(C)C(CC2CCC3C4CCCCC4CCC23)C1C.CC1CCC2C=Cc3ccccc3C12.CC1CCC2CCC3CCCCC3C12.CCCCC1CCCC1.[CH3-].[CH3-].[CH3-].[CH3-].[CH3-].[CH3-].[CH3-].[CH3-].[CH3-].[CH3-].[CH3-].[CH3-].[CH3-].[CH3-].[CH3-].[CH3-].[Hf+4].[Hf+4].[Hf+4].[Zr+4]. The van der Waals surface area contributed by atoms with Gasteiger partial charge in [-0.3, -0.25) is 0 Å². The van der Waals surface area contributed by atoms with Gasteiger partial charge < -0.3 is 119 Å². The first kappa shape index (κ1) is 142. The van der Waals surface area contributed by atoms with Crippen LogP contribution >= 0.6 is 0 Å². The van der Waals surface area contributed by atoms with Gasteiger partial charge in [0.15, 0.2) is 0 Å². The van der Waals surface area contributed by atoms with Crippen LogP contribution in [-0.2, 0) is 104 Å². The molecular weight excluding hydrogens is 2000 g/mol. The molecule has 0 nitrogen and oxygen atoms in total. The third kappa shape index (κ3) is 34.9. The van der Waals surface area contributed by atoms with Crippen molar-refractivity contribution < 1.29 is 104 Å². The summed E-state index contributed by atoms with van der Waals surface area (Å²) in [6, 6.07) is 17.8. The topological polar surface area (TPSA) is 0 Å². The minimum absolute atomic E-state index is 0. The largest absolute Gasteiger partial charge is 4.00 e. The van der Waals surface area contributed by atoms with Gasteiger partial charge in [0.05, 0.1) is 0 Å². The van der Waals surface area contributed by atoms with Gasteiger partial charge in [-0.1, -0.05) is 301 Å². The Hall–Kier alpha value is 1.41. The maximum absolute atomic E-state index is 2.57. The van der Waals surface area contributed by atoms with E-state index in [2.05, 4.69) is 211 Å². The first-order chi connectivity index (χ1) is 46.9. The second-order valence-electron chi connectivity index (χ2n) is 40.4. The van der Waals surface area contributed by atoms with Gasteiger partial charge >= 0.3 is 104 Å². The summed E-state index contributed by atoms with van der Waals surface area (Å²) in [5, 5.41) is 0. The van der Waals surface area contributed by atoms with E-state index in [0.29, 0.717) is 5.41 Å². The fraction of sp³-hybridized carbons (Fsp3) is 0.719. The summed E-state index contributed by atoms with van der Waals surface area (Å²) in [6.45, 7) is 48.5. The number of fused-ring (bicyclic) bond motifs is 12. The van der Waals surface area contributed by atoms with Crippen LogP contribution in [0.3, 0.4) is 0 Å². The Labute approximate surface area is 828 Å². The quantitative estimate of drug-likeness (QED) is 0.200. The third-order valence-corrected chi connectivity index (χ3v) is 34.7. The van der Waals surface area contributed by atoms with E-state index in [-0.39, 0.29) is 223 Å². The Morgan fingerprint density at radius 2 is 0.703 bits per heavy atom. The maximum Gasteiger partial charge on any atom is 4.00 e. The summed E-state index contributed by atoms with van der Waals surface area (Å²) in [5.74, 6) is 31.5. The van der Waals surface area contributed by atoms with Crippen molar-refractivity contribution in [2.24, 2.45) is 183 Å². The Morgan fingerprint density at radius 3 is 1.19 bits per heavy atom. The van der Waals surface area contributed by atoms with Crippen LogP contribution in [0.2, 0.25) is 0 Å². The summed E-state index contributed by atoms with van der Waals surface area (Å²) in [5.41, 5.74) is 6.55. The third-order valence-electron chi connectivity index (χ3n) is 34.7. The van der Waals surface area contributed by atoms with Crippen LogP contribution in [0.25, 0.3) is 12.2 Å². The summed E-state index contributed by atoms with van der Waals surface area (Å²) in [7, 11) is 0. The Balaban J connectivity index is -0.000000125. The average Bonchev–Trinajstić information content (AvgIpc) is 1.62. The normalized spacial score (nSPS) is 36.8. The van der Waals surface area contributed by atoms with Crippen molar-refractivity contribution in [2.45, 2.75) is 337 Å². The molecule has 0 bridgehead atoms. The van der Waals surface area contributed by atoms with E-state index >= 15 is 0 Å². The molecule has 118 heavy (non-hydrogen) atoms. The summed E-state index contributed by atoms with van der Waals surface area (Å²) < 4.78 is 0. The molecule has 2 aromatic carbocycles. The molecular formula is C114H210Hf3Zr. The van der Waals surface area contributed by atoms with E-state index in [9.17, 15) is 0 Å². The first-order valence-corrected chi connectivity index (χ1v) is 44.4. The van der Waals surface area contributed by atoms with Gasteiger partial charge in [-0.25, -0.2) is 0 Å². The molecule has 0 amide bonds. The van der Waals surface area contributed by atoms with E-state index in [1.54, 1.807) is 101 Å². The smallest absolute Gasteiger partial charge is 0.358 e. The van der Waals surface area contributed by atoms with Crippen molar-refractivity contribution >= 4 is 12.2 Å². The van der Waals surface area contributed by atoms with Crippen molar-refractivity contribution in [1.29, 1.82) is 0 Å². The number of hydrogen-bond donors (Lipinski definition) is 0. The molecule has 16 rings (SSSR count). The first-order valence-electron chi connectivity index (χ1n) is 44.4. The minimum Gasteiger partial charge on any atom is -0.358 e. The standard InChI is InChI=1S/C23H40.C18H24.C14H24.C14H16.2C10H20.C9H18.16CH3.3Hf.Zr/c1-14-15(2)17(4)23(16(14)3)13-19-10-12-22-20-8-6-5-7-18(20)9-11-21(19)22;1-18(2,3)12-14-9-11-17-15-7-5-4-6-13(15)8-10-16(14)17;2*1-10-6-7-12-9-8-11-4-2-3-5-13(11)14(10)12;2*1-6-7(2)9(4)10(5)8(6)3;1-2-3-6-9-7-4-5-8-9;;;;;;;;;;;;;;;;;;;;/h14-23H,5-13H2,1-4H3;4-8,10,14,16-17H,9,11-12H2,1-3H3;10-14H,2-9H2,1H3;2-5,8-10,12,14H,6-7H2,1H3;2*6-10H,1-5H3;9H,2-8H2,1H3;16*1H3;;;;/q;;;;;;;16*-1;4*+4. The molecule has 0 spiro atoms. The fourth-order valence-corrected chi connectivity index (χ4v) is 26.7. The van der Waals surface area contributed by atoms with Crippen LogP contribution in [0, 0.1) is 302 Å². The van der Waals surface area contributed by atoms with E-state index in [0.717, 1.165) is 189 Å². The molecule has 20 atom stereocenters. The molecule has 0 N–H and O–H groups in total. The molecule has 2 aromatic rings. The van der Waals surface area contributed by atoms with E-state index in [1.165, 1.54) is 107 Å². The minimum atomic E-state index is 0. The summed E-state index contributed by atoms with van der Waals surface area (Å²) in [6.07, 6.45) is 53.6. The Kier molecular flexibility index (Phi) is 80.6. The molecule has 0 aliphatic heterocycles. The zero-order valence-corrected chi connectivity index (χ0v) is 99.6. The van der Waals surface area contributed by atoms with Crippen LogP contribution < -0.4 is 0 Å². The van der Waals surface area contributed by atoms with Crippen molar-refractivity contribution in [2.75, 3.05) is 0 Å². The average molecular weight is 2210 g/mol. The molecule has 0 heterocycles. The Bertz CT molecular complexity index is 2620. The van der Waals surface area contributed by atoms with Gasteiger partial charge in [0, 0.05) is 0 Å². The number of rotatable bonds is 6. The predicted molar refractivity (Wildman–Crippen MR) is 534 cm³/mol. The van der Waals surface area contributed by atoms with Gasteiger partial charge in [0.2, 0.25) is 0 Å². The monoisotopic (exact) mass is 2210 g/mol. The van der Waals surface area contributed by atoms with Gasteiger partial charge in [-0.15, -0.1) is 0 Å². The van der Waals surface area contributed by atoms with Crippen LogP contribution in [0.5, 0.6) is 0 Å². The molecule has 14 aliphatic carbocycles. The van der Waals surface area contributed by atoms with Gasteiger partial charge in [-0.2, -0.15) is 0 Å². The van der Waals surface area contributed by atoms with Crippen molar-refractivity contribution in [3.05, 3.63) is 202 Å². The van der Waals surface area contributed by atoms with Crippen LogP contribution in [0.1, 0.15) is 359 Å². The molecule has 682 valence electrons. The fourth-order valence-electron chi connectivity index (χ4n) is 26.7. The summed E-state index contributed by atoms with van der Waals surface area (Å²) >= 11 is 0. The molecule has 4 heteroatoms. The van der Waals surface area contributed by atoms with Gasteiger partial charge in [0.1, 0.15) is 0 Å². The molecule has 12 saturated carbocycles. The van der Waals surface area contributed by atoms with Crippen LogP contribution in [-0.4, -0.2) is 0 Å². The number of benzene rings is 2. The zero-order chi connectivity index (χ0) is 70.3. The van der Waals surface area contributed by atoms with E-state index < -0.39 is 0 Å². The second kappa shape index (κ2) is 66.7. The number of allylic oxidation sites excluding steroid dienone is 2. The molecule has 0 saturated heterocycles. The van der Waals surface area contributed by atoms with Crippen LogP contribution in [0.4, 0.5) is 0 Å².